The van der Waals surface area contributed by atoms with E-state index in [4.69, 9.17) is 5.11 Å². The SMILES string of the molecule is Cc1nc(C(=O)NC2CC(C(=O)O)C2)nn1-c1ccccc1C(C)C. The van der Waals surface area contributed by atoms with Gasteiger partial charge in [-0.05, 0) is 37.3 Å². The van der Waals surface area contributed by atoms with Crippen LogP contribution in [0.3, 0.4) is 0 Å². The number of aryl methyl sites for hydroxylation is 1. The van der Waals surface area contributed by atoms with Crippen LogP contribution in [0.4, 0.5) is 0 Å². The van der Waals surface area contributed by atoms with Crippen LogP contribution in [0.2, 0.25) is 0 Å². The number of hydrogen-bond acceptors (Lipinski definition) is 4. The first-order chi connectivity index (χ1) is 11.9. The van der Waals surface area contributed by atoms with Gasteiger partial charge in [-0.25, -0.2) is 9.67 Å². The van der Waals surface area contributed by atoms with Crippen molar-refractivity contribution < 1.29 is 14.7 Å². The van der Waals surface area contributed by atoms with E-state index >= 15 is 0 Å². The first-order valence-electron chi connectivity index (χ1n) is 8.43. The largest absolute Gasteiger partial charge is 0.481 e. The number of carboxylic acids is 1. The van der Waals surface area contributed by atoms with Crippen molar-refractivity contribution in [1.29, 1.82) is 0 Å². The minimum Gasteiger partial charge on any atom is -0.481 e. The van der Waals surface area contributed by atoms with E-state index in [2.05, 4.69) is 29.2 Å². The van der Waals surface area contributed by atoms with Crippen LogP contribution >= 0.6 is 0 Å². The molecule has 7 nitrogen and oxygen atoms in total. The Morgan fingerprint density at radius 2 is 1.96 bits per heavy atom. The van der Waals surface area contributed by atoms with E-state index < -0.39 is 5.97 Å². The lowest BCUT2D eigenvalue weighted by Crippen LogP contribution is -2.47. The molecule has 0 saturated heterocycles. The molecule has 7 heteroatoms. The molecule has 0 aliphatic heterocycles. The maximum absolute atomic E-state index is 12.3. The normalized spacial score (nSPS) is 19.5. The summed E-state index contributed by atoms with van der Waals surface area (Å²) in [5.41, 5.74) is 2.04. The average molecular weight is 342 g/mol. The van der Waals surface area contributed by atoms with Gasteiger partial charge in [0.25, 0.3) is 5.91 Å². The molecule has 1 aliphatic carbocycles. The topological polar surface area (TPSA) is 97.1 Å². The van der Waals surface area contributed by atoms with Gasteiger partial charge in [0, 0.05) is 6.04 Å². The molecule has 25 heavy (non-hydrogen) atoms. The summed E-state index contributed by atoms with van der Waals surface area (Å²) in [5.74, 6) is -0.479. The van der Waals surface area contributed by atoms with E-state index in [1.807, 2.05) is 31.2 Å². The van der Waals surface area contributed by atoms with Crippen molar-refractivity contribution in [3.05, 3.63) is 41.5 Å². The lowest BCUT2D eigenvalue weighted by molar-refractivity contribution is -0.145. The molecule has 0 atom stereocenters. The molecule has 1 aromatic carbocycles. The molecule has 2 aromatic rings. The molecule has 132 valence electrons. The number of hydrogen-bond donors (Lipinski definition) is 2. The predicted octanol–water partition coefficient (Wildman–Crippen LogP) is 2.29. The lowest BCUT2D eigenvalue weighted by Gasteiger charge is -2.32. The van der Waals surface area contributed by atoms with Gasteiger partial charge in [0.2, 0.25) is 5.82 Å². The minimum absolute atomic E-state index is 0.106. The van der Waals surface area contributed by atoms with Gasteiger partial charge in [-0.1, -0.05) is 32.0 Å². The smallest absolute Gasteiger partial charge is 0.306 e. The Labute approximate surface area is 146 Å². The van der Waals surface area contributed by atoms with Crippen LogP contribution in [0.25, 0.3) is 5.69 Å². The monoisotopic (exact) mass is 342 g/mol. The number of nitrogens with zero attached hydrogens (tertiary/aromatic N) is 3. The molecule has 0 bridgehead atoms. The summed E-state index contributed by atoms with van der Waals surface area (Å²) in [6.07, 6.45) is 0.911. The molecule has 1 saturated carbocycles. The number of rotatable bonds is 5. The number of para-hydroxylation sites is 1. The van der Waals surface area contributed by atoms with Gasteiger partial charge in [-0.3, -0.25) is 9.59 Å². The molecule has 1 amide bonds. The highest BCUT2D eigenvalue weighted by Gasteiger charge is 2.36. The Morgan fingerprint density at radius 3 is 2.60 bits per heavy atom. The standard InChI is InChI=1S/C18H22N4O3/c1-10(2)14-6-4-5-7-15(14)22-11(3)19-16(21-22)17(23)20-13-8-12(9-13)18(24)25/h4-7,10,12-13H,8-9H2,1-3H3,(H,20,23)(H,24,25). The Hall–Kier alpha value is -2.70. The van der Waals surface area contributed by atoms with Crippen molar-refractivity contribution in [3.8, 4) is 5.69 Å². The highest BCUT2D eigenvalue weighted by atomic mass is 16.4. The number of aromatic nitrogens is 3. The zero-order valence-electron chi connectivity index (χ0n) is 14.6. The number of aliphatic carboxylic acids is 1. The fourth-order valence-corrected chi connectivity index (χ4v) is 3.07. The lowest BCUT2D eigenvalue weighted by atomic mass is 9.80. The highest BCUT2D eigenvalue weighted by molar-refractivity contribution is 5.90. The fourth-order valence-electron chi connectivity index (χ4n) is 3.07. The van der Waals surface area contributed by atoms with E-state index in [0.29, 0.717) is 24.6 Å². The maximum Gasteiger partial charge on any atom is 0.306 e. The predicted molar refractivity (Wildman–Crippen MR) is 91.8 cm³/mol. The van der Waals surface area contributed by atoms with Crippen LogP contribution in [0, 0.1) is 12.8 Å². The van der Waals surface area contributed by atoms with Gasteiger partial charge in [-0.2, -0.15) is 0 Å². The van der Waals surface area contributed by atoms with Crippen molar-refractivity contribution in [3.63, 3.8) is 0 Å². The zero-order valence-corrected chi connectivity index (χ0v) is 14.6. The molecular formula is C18H22N4O3. The average Bonchev–Trinajstić information content (AvgIpc) is 2.91. The highest BCUT2D eigenvalue weighted by Crippen LogP contribution is 2.27. The van der Waals surface area contributed by atoms with Gasteiger partial charge in [0.05, 0.1) is 11.6 Å². The Bertz CT molecular complexity index is 806. The zero-order chi connectivity index (χ0) is 18.1. The van der Waals surface area contributed by atoms with Crippen LogP contribution in [0.5, 0.6) is 0 Å². The van der Waals surface area contributed by atoms with Crippen molar-refractivity contribution in [1.82, 2.24) is 20.1 Å². The van der Waals surface area contributed by atoms with Crippen molar-refractivity contribution in [2.75, 3.05) is 0 Å². The fraction of sp³-hybridized carbons (Fsp3) is 0.444. The Kier molecular flexibility index (Phi) is 4.57. The first kappa shape index (κ1) is 17.1. The molecule has 1 aliphatic rings. The third-order valence-electron chi connectivity index (χ3n) is 4.58. The molecule has 0 unspecified atom stereocenters. The van der Waals surface area contributed by atoms with Crippen LogP contribution in [0.1, 0.15) is 54.6 Å². The molecule has 2 N–H and O–H groups in total. The molecule has 1 heterocycles. The van der Waals surface area contributed by atoms with E-state index in [1.165, 1.54) is 0 Å². The van der Waals surface area contributed by atoms with Crippen LogP contribution < -0.4 is 5.32 Å². The van der Waals surface area contributed by atoms with Gasteiger partial charge in [0.1, 0.15) is 5.82 Å². The van der Waals surface area contributed by atoms with Gasteiger partial charge < -0.3 is 10.4 Å². The van der Waals surface area contributed by atoms with Gasteiger partial charge >= 0.3 is 5.97 Å². The molecule has 3 rings (SSSR count). The maximum atomic E-state index is 12.3. The second-order valence-electron chi connectivity index (χ2n) is 6.78. The number of nitrogens with one attached hydrogen (secondary N) is 1. The van der Waals surface area contributed by atoms with Crippen molar-refractivity contribution >= 4 is 11.9 Å². The molecule has 0 spiro atoms. The van der Waals surface area contributed by atoms with Gasteiger partial charge in [-0.15, -0.1) is 5.10 Å². The molecular weight excluding hydrogens is 320 g/mol. The Balaban J connectivity index is 1.77. The quantitative estimate of drug-likeness (QED) is 0.869. The van der Waals surface area contributed by atoms with Crippen molar-refractivity contribution in [2.24, 2.45) is 5.92 Å². The minimum atomic E-state index is -0.811. The van der Waals surface area contributed by atoms with E-state index in [1.54, 1.807) is 4.68 Å². The number of carboxylic acid groups (broad SMARTS) is 1. The van der Waals surface area contributed by atoms with E-state index in [0.717, 1.165) is 11.3 Å². The second-order valence-corrected chi connectivity index (χ2v) is 6.78. The van der Waals surface area contributed by atoms with Gasteiger partial charge in [0.15, 0.2) is 0 Å². The summed E-state index contributed by atoms with van der Waals surface area (Å²) in [4.78, 5) is 27.5. The summed E-state index contributed by atoms with van der Waals surface area (Å²) in [7, 11) is 0. The number of carbonyl (C=O) groups is 2. The molecule has 0 radical (unpaired) electrons. The summed E-state index contributed by atoms with van der Waals surface area (Å²) in [5, 5.41) is 16.1. The summed E-state index contributed by atoms with van der Waals surface area (Å²) < 4.78 is 1.69. The third kappa shape index (κ3) is 3.40. The molecule has 1 fully saturated rings. The van der Waals surface area contributed by atoms with E-state index in [9.17, 15) is 9.59 Å². The van der Waals surface area contributed by atoms with E-state index in [-0.39, 0.29) is 23.7 Å². The van der Waals surface area contributed by atoms with Crippen LogP contribution in [-0.2, 0) is 4.79 Å². The second kappa shape index (κ2) is 6.66. The number of amides is 1. The molecule has 1 aromatic heterocycles. The van der Waals surface area contributed by atoms with Crippen LogP contribution in [0.15, 0.2) is 24.3 Å². The Morgan fingerprint density at radius 1 is 1.28 bits per heavy atom. The summed E-state index contributed by atoms with van der Waals surface area (Å²) >= 11 is 0. The third-order valence-corrected chi connectivity index (χ3v) is 4.58. The summed E-state index contributed by atoms with van der Waals surface area (Å²) in [6.45, 7) is 6.02. The first-order valence-corrected chi connectivity index (χ1v) is 8.43. The van der Waals surface area contributed by atoms with Crippen LogP contribution in [-0.4, -0.2) is 37.8 Å². The number of benzene rings is 1. The summed E-state index contributed by atoms with van der Waals surface area (Å²) in [6, 6.07) is 7.80. The van der Waals surface area contributed by atoms with Crippen molar-refractivity contribution in [2.45, 2.75) is 45.6 Å². The number of carbonyl (C=O) groups excluding carboxylic acids is 1.